The summed E-state index contributed by atoms with van der Waals surface area (Å²) in [5.41, 5.74) is 0.340. The van der Waals surface area contributed by atoms with Crippen LogP contribution in [0.3, 0.4) is 0 Å². The van der Waals surface area contributed by atoms with Crippen LogP contribution < -0.4 is 16.0 Å². The molecule has 2 fully saturated rings. The first kappa shape index (κ1) is 22.5. The maximum absolute atomic E-state index is 11.6. The number of nitrogens with zero attached hydrogens (tertiary/aromatic N) is 1. The molecule has 1 amide bonds. The number of hydrogen-bond donors (Lipinski definition) is 3. The lowest BCUT2D eigenvalue weighted by molar-refractivity contribution is -0.122. The highest BCUT2D eigenvalue weighted by molar-refractivity contribution is 14.0. The fourth-order valence-electron chi connectivity index (χ4n) is 3.42. The molecule has 0 bridgehead atoms. The van der Waals surface area contributed by atoms with Gasteiger partial charge < -0.3 is 20.7 Å². The molecule has 25 heavy (non-hydrogen) atoms. The fourth-order valence-corrected chi connectivity index (χ4v) is 3.42. The number of amides is 1. The van der Waals surface area contributed by atoms with E-state index in [1.54, 1.807) is 7.05 Å². The van der Waals surface area contributed by atoms with Crippen LogP contribution in [-0.4, -0.2) is 51.8 Å². The standard InChI is InChI=1S/C18H34N4O2.HI/c1-3-24-13-10-18(8-4-5-9-18)14-22-17(19-2)21-12-11-20-16(23)15-6-7-15;/h15H,3-14H2,1-2H3,(H,20,23)(H2,19,21,22);1H. The van der Waals surface area contributed by atoms with E-state index in [0.29, 0.717) is 18.5 Å². The van der Waals surface area contributed by atoms with E-state index in [-0.39, 0.29) is 35.8 Å². The van der Waals surface area contributed by atoms with Gasteiger partial charge in [0.2, 0.25) is 5.91 Å². The van der Waals surface area contributed by atoms with Gasteiger partial charge >= 0.3 is 0 Å². The summed E-state index contributed by atoms with van der Waals surface area (Å²) in [4.78, 5) is 15.9. The molecule has 7 heteroatoms. The molecule has 2 aliphatic carbocycles. The van der Waals surface area contributed by atoms with E-state index < -0.39 is 0 Å². The Hall–Kier alpha value is -0.570. The second-order valence-electron chi connectivity index (χ2n) is 7.07. The number of carbonyl (C=O) groups excluding carboxylic acids is 1. The summed E-state index contributed by atoms with van der Waals surface area (Å²) in [5.74, 6) is 1.29. The van der Waals surface area contributed by atoms with Crippen LogP contribution in [0.4, 0.5) is 0 Å². The third-order valence-electron chi connectivity index (χ3n) is 5.16. The van der Waals surface area contributed by atoms with Gasteiger partial charge in [0.05, 0.1) is 0 Å². The van der Waals surface area contributed by atoms with Gasteiger partial charge in [-0.1, -0.05) is 12.8 Å². The molecule has 6 nitrogen and oxygen atoms in total. The van der Waals surface area contributed by atoms with Gasteiger partial charge in [0.1, 0.15) is 0 Å². The van der Waals surface area contributed by atoms with Crippen molar-refractivity contribution in [3.8, 4) is 0 Å². The lowest BCUT2D eigenvalue weighted by atomic mass is 9.83. The van der Waals surface area contributed by atoms with Crippen LogP contribution in [0, 0.1) is 11.3 Å². The Labute approximate surface area is 169 Å². The quantitative estimate of drug-likeness (QED) is 0.200. The van der Waals surface area contributed by atoms with E-state index in [2.05, 4.69) is 20.9 Å². The minimum atomic E-state index is 0. The topological polar surface area (TPSA) is 74.8 Å². The van der Waals surface area contributed by atoms with E-state index in [1.165, 1.54) is 25.7 Å². The molecule has 0 aliphatic heterocycles. The van der Waals surface area contributed by atoms with Gasteiger partial charge in [-0.25, -0.2) is 0 Å². The highest BCUT2D eigenvalue weighted by Crippen LogP contribution is 2.40. The summed E-state index contributed by atoms with van der Waals surface area (Å²) in [7, 11) is 1.79. The molecule has 0 heterocycles. The molecule has 0 aromatic heterocycles. The molecule has 0 atom stereocenters. The first-order valence-corrected chi connectivity index (χ1v) is 9.49. The second kappa shape index (κ2) is 11.9. The number of nitrogens with one attached hydrogen (secondary N) is 3. The van der Waals surface area contributed by atoms with Gasteiger partial charge in [0.15, 0.2) is 5.96 Å². The maximum Gasteiger partial charge on any atom is 0.223 e. The molecule has 0 saturated heterocycles. The van der Waals surface area contributed by atoms with Crippen molar-refractivity contribution in [2.24, 2.45) is 16.3 Å². The lowest BCUT2D eigenvalue weighted by Crippen LogP contribution is -2.45. The van der Waals surface area contributed by atoms with Crippen LogP contribution in [-0.2, 0) is 9.53 Å². The van der Waals surface area contributed by atoms with Crippen LogP contribution in [0.25, 0.3) is 0 Å². The van der Waals surface area contributed by atoms with E-state index in [1.807, 2.05) is 6.92 Å². The minimum Gasteiger partial charge on any atom is -0.382 e. The van der Waals surface area contributed by atoms with Gasteiger partial charge in [-0.05, 0) is 44.4 Å². The third-order valence-corrected chi connectivity index (χ3v) is 5.16. The van der Waals surface area contributed by atoms with Crippen molar-refractivity contribution in [1.29, 1.82) is 0 Å². The Kier molecular flexibility index (Phi) is 10.7. The number of halogens is 1. The Morgan fingerprint density at radius 3 is 2.44 bits per heavy atom. The molecular formula is C18H35IN4O2. The highest BCUT2D eigenvalue weighted by Gasteiger charge is 2.33. The average molecular weight is 466 g/mol. The SMILES string of the molecule is CCOCCC1(CNC(=NC)NCCNC(=O)C2CC2)CCCC1.I. The van der Waals surface area contributed by atoms with Gasteiger partial charge in [-0.2, -0.15) is 0 Å². The van der Waals surface area contributed by atoms with Gasteiger partial charge in [-0.15, -0.1) is 24.0 Å². The fraction of sp³-hybridized carbons (Fsp3) is 0.889. The molecule has 0 aromatic carbocycles. The van der Waals surface area contributed by atoms with Crippen LogP contribution in [0.2, 0.25) is 0 Å². The zero-order chi connectivity index (χ0) is 17.3. The second-order valence-corrected chi connectivity index (χ2v) is 7.07. The molecular weight excluding hydrogens is 431 g/mol. The minimum absolute atomic E-state index is 0. The molecule has 0 radical (unpaired) electrons. The molecule has 2 aliphatic rings. The van der Waals surface area contributed by atoms with E-state index >= 15 is 0 Å². The highest BCUT2D eigenvalue weighted by atomic mass is 127. The summed E-state index contributed by atoms with van der Waals surface area (Å²) in [5, 5.41) is 9.72. The predicted molar refractivity (Wildman–Crippen MR) is 113 cm³/mol. The smallest absolute Gasteiger partial charge is 0.223 e. The monoisotopic (exact) mass is 466 g/mol. The van der Waals surface area contributed by atoms with Gasteiger partial charge in [0, 0.05) is 45.8 Å². The Balaban J connectivity index is 0.00000312. The van der Waals surface area contributed by atoms with Gasteiger partial charge in [0.25, 0.3) is 0 Å². The first-order chi connectivity index (χ1) is 11.7. The van der Waals surface area contributed by atoms with Crippen molar-refractivity contribution >= 4 is 35.8 Å². The van der Waals surface area contributed by atoms with E-state index in [0.717, 1.165) is 45.0 Å². The Morgan fingerprint density at radius 2 is 1.84 bits per heavy atom. The summed E-state index contributed by atoms with van der Waals surface area (Å²) >= 11 is 0. The van der Waals surface area contributed by atoms with Crippen LogP contribution in [0.1, 0.15) is 51.9 Å². The van der Waals surface area contributed by atoms with Crippen LogP contribution >= 0.6 is 24.0 Å². The maximum atomic E-state index is 11.6. The molecule has 0 spiro atoms. The average Bonchev–Trinajstić information content (AvgIpc) is 3.35. The van der Waals surface area contributed by atoms with Crippen molar-refractivity contribution < 1.29 is 9.53 Å². The Bertz CT molecular complexity index is 421. The predicted octanol–water partition coefficient (Wildman–Crippen LogP) is 2.28. The van der Waals surface area contributed by atoms with Crippen LogP contribution in [0.5, 0.6) is 0 Å². The molecule has 2 saturated carbocycles. The van der Waals surface area contributed by atoms with Crippen molar-refractivity contribution in [1.82, 2.24) is 16.0 Å². The number of carbonyl (C=O) groups is 1. The van der Waals surface area contributed by atoms with Crippen LogP contribution in [0.15, 0.2) is 4.99 Å². The number of hydrogen-bond acceptors (Lipinski definition) is 3. The first-order valence-electron chi connectivity index (χ1n) is 9.49. The van der Waals surface area contributed by atoms with Crippen molar-refractivity contribution in [2.75, 3.05) is 39.9 Å². The summed E-state index contributed by atoms with van der Waals surface area (Å²) in [6, 6.07) is 0. The van der Waals surface area contributed by atoms with Crippen molar-refractivity contribution in [2.45, 2.75) is 51.9 Å². The Morgan fingerprint density at radius 1 is 1.16 bits per heavy atom. The molecule has 146 valence electrons. The zero-order valence-corrected chi connectivity index (χ0v) is 18.1. The number of rotatable bonds is 10. The number of ether oxygens (including phenoxy) is 1. The van der Waals surface area contributed by atoms with Gasteiger partial charge in [-0.3, -0.25) is 9.79 Å². The third kappa shape index (κ3) is 8.11. The largest absolute Gasteiger partial charge is 0.382 e. The molecule has 3 N–H and O–H groups in total. The zero-order valence-electron chi connectivity index (χ0n) is 15.7. The molecule has 0 aromatic rings. The van der Waals surface area contributed by atoms with Crippen molar-refractivity contribution in [3.63, 3.8) is 0 Å². The summed E-state index contributed by atoms with van der Waals surface area (Å²) < 4.78 is 5.57. The number of aliphatic imine (C=N–C) groups is 1. The number of guanidine groups is 1. The van der Waals surface area contributed by atoms with E-state index in [9.17, 15) is 4.79 Å². The van der Waals surface area contributed by atoms with Crippen molar-refractivity contribution in [3.05, 3.63) is 0 Å². The van der Waals surface area contributed by atoms with E-state index in [4.69, 9.17) is 4.74 Å². The summed E-state index contributed by atoms with van der Waals surface area (Å²) in [6.07, 6.45) is 8.37. The normalized spacial score (nSPS) is 19.2. The summed E-state index contributed by atoms with van der Waals surface area (Å²) in [6.45, 7) is 5.97. The molecule has 2 rings (SSSR count). The lowest BCUT2D eigenvalue weighted by Gasteiger charge is -2.30. The molecule has 0 unspecified atom stereocenters.